The van der Waals surface area contributed by atoms with Gasteiger partial charge >= 0.3 is 0 Å². The summed E-state index contributed by atoms with van der Waals surface area (Å²) in [7, 11) is 0. The van der Waals surface area contributed by atoms with Crippen molar-refractivity contribution in [3.63, 3.8) is 0 Å². The van der Waals surface area contributed by atoms with Crippen LogP contribution in [-0.2, 0) is 0 Å². The molecule has 2 N–H and O–H groups in total. The molecule has 0 bridgehead atoms. The predicted molar refractivity (Wildman–Crippen MR) is 64.1 cm³/mol. The quantitative estimate of drug-likeness (QED) is 0.762. The van der Waals surface area contributed by atoms with E-state index in [1.165, 1.54) is 12.7 Å². The van der Waals surface area contributed by atoms with Crippen LogP contribution in [0.2, 0.25) is 0 Å². The molecule has 5 heteroatoms. The van der Waals surface area contributed by atoms with Crippen LogP contribution < -0.4 is 10.6 Å². The number of rotatable bonds is 5. The number of furan rings is 1. The minimum absolute atomic E-state index is 0. The summed E-state index contributed by atoms with van der Waals surface area (Å²) in [4.78, 5) is 11.5. The maximum absolute atomic E-state index is 11.5. The molecule has 90 valence electrons. The van der Waals surface area contributed by atoms with E-state index in [4.69, 9.17) is 4.42 Å². The molecule has 0 amide bonds. The van der Waals surface area contributed by atoms with Gasteiger partial charge < -0.3 is 15.1 Å². The topological polar surface area (TPSA) is 54.3 Å². The number of Topliss-reactive ketones (excluding diaryl/α,β-unsaturated/α-hetero) is 1. The smallest absolute Gasteiger partial charge is 0.211 e. The van der Waals surface area contributed by atoms with Crippen molar-refractivity contribution in [2.24, 2.45) is 5.92 Å². The zero-order valence-corrected chi connectivity index (χ0v) is 9.89. The van der Waals surface area contributed by atoms with Crippen molar-refractivity contribution in [2.75, 3.05) is 26.2 Å². The molecule has 16 heavy (non-hydrogen) atoms. The fourth-order valence-electron chi connectivity index (χ4n) is 1.80. The summed E-state index contributed by atoms with van der Waals surface area (Å²) in [5.74, 6) is 1.12. The Labute approximate surface area is 101 Å². The molecule has 0 aliphatic carbocycles. The lowest BCUT2D eigenvalue weighted by Crippen LogP contribution is -2.29. The molecule has 2 rings (SSSR count). The number of carbonyl (C=O) groups is 1. The highest BCUT2D eigenvalue weighted by atomic mass is 35.5. The first-order chi connectivity index (χ1) is 7.36. The minimum atomic E-state index is 0. The van der Waals surface area contributed by atoms with Crippen LogP contribution in [-0.4, -0.2) is 32.0 Å². The zero-order chi connectivity index (χ0) is 10.5. The first kappa shape index (κ1) is 13.2. The molecule has 1 unspecified atom stereocenters. The van der Waals surface area contributed by atoms with E-state index >= 15 is 0 Å². The second kappa shape index (κ2) is 6.68. The largest absolute Gasteiger partial charge is 0.461 e. The molecule has 1 fully saturated rings. The molecule has 4 nitrogen and oxygen atoms in total. The van der Waals surface area contributed by atoms with Crippen molar-refractivity contribution in [3.05, 3.63) is 24.2 Å². The molecule has 1 aliphatic rings. The number of hydrogen-bond acceptors (Lipinski definition) is 4. The van der Waals surface area contributed by atoms with E-state index in [1.807, 2.05) is 0 Å². The summed E-state index contributed by atoms with van der Waals surface area (Å²) in [5.41, 5.74) is 0. The maximum atomic E-state index is 11.5. The Morgan fingerprint density at radius 1 is 1.62 bits per heavy atom. The molecule has 1 saturated heterocycles. The minimum Gasteiger partial charge on any atom is -0.461 e. The van der Waals surface area contributed by atoms with Crippen LogP contribution in [0.25, 0.3) is 0 Å². The van der Waals surface area contributed by atoms with Crippen molar-refractivity contribution in [1.82, 2.24) is 10.6 Å². The van der Waals surface area contributed by atoms with Gasteiger partial charge in [0, 0.05) is 0 Å². The Hall–Kier alpha value is -0.840. The summed E-state index contributed by atoms with van der Waals surface area (Å²) in [6.45, 7) is 3.42. The highest BCUT2D eigenvalue weighted by Gasteiger charge is 2.14. The van der Waals surface area contributed by atoms with E-state index < -0.39 is 0 Å². The van der Waals surface area contributed by atoms with Gasteiger partial charge in [0.25, 0.3) is 0 Å². The predicted octanol–water partition coefficient (Wildman–Crippen LogP) is 1.08. The van der Waals surface area contributed by atoms with Crippen molar-refractivity contribution >= 4 is 18.2 Å². The van der Waals surface area contributed by atoms with Gasteiger partial charge in [-0.1, -0.05) is 0 Å². The molecule has 1 aromatic rings. The second-order valence-electron chi connectivity index (χ2n) is 3.89. The molecule has 0 saturated carbocycles. The van der Waals surface area contributed by atoms with Gasteiger partial charge in [-0.2, -0.15) is 0 Å². The molecule has 0 radical (unpaired) electrons. The Morgan fingerprint density at radius 3 is 3.12 bits per heavy atom. The van der Waals surface area contributed by atoms with Crippen LogP contribution in [0.3, 0.4) is 0 Å². The lowest BCUT2D eigenvalue weighted by molar-refractivity contribution is 0.0963. The van der Waals surface area contributed by atoms with Crippen molar-refractivity contribution in [1.29, 1.82) is 0 Å². The summed E-state index contributed by atoms with van der Waals surface area (Å²) >= 11 is 0. The van der Waals surface area contributed by atoms with Gasteiger partial charge in [0.1, 0.15) is 0 Å². The molecule has 1 aliphatic heterocycles. The summed E-state index contributed by atoms with van der Waals surface area (Å²) in [6.07, 6.45) is 2.72. The molecule has 2 heterocycles. The standard InChI is InChI=1S/C11H16N2O2.ClH/c14-10(11-2-1-5-15-11)8-13-7-9-3-4-12-6-9;/h1-2,5,9,12-13H,3-4,6-8H2;1H. The Morgan fingerprint density at radius 2 is 2.50 bits per heavy atom. The van der Waals surface area contributed by atoms with E-state index in [9.17, 15) is 4.79 Å². The van der Waals surface area contributed by atoms with Gasteiger partial charge in [0.2, 0.25) is 5.78 Å². The van der Waals surface area contributed by atoms with Crippen LogP contribution >= 0.6 is 12.4 Å². The highest BCUT2D eigenvalue weighted by molar-refractivity contribution is 5.94. The second-order valence-corrected chi connectivity index (χ2v) is 3.89. The maximum Gasteiger partial charge on any atom is 0.211 e. The molecule has 0 spiro atoms. The fourth-order valence-corrected chi connectivity index (χ4v) is 1.80. The third-order valence-corrected chi connectivity index (χ3v) is 2.68. The van der Waals surface area contributed by atoms with Gasteiger partial charge in [0.05, 0.1) is 12.8 Å². The van der Waals surface area contributed by atoms with Gasteiger partial charge in [-0.05, 0) is 44.1 Å². The van der Waals surface area contributed by atoms with E-state index in [1.54, 1.807) is 12.1 Å². The van der Waals surface area contributed by atoms with Crippen LogP contribution in [0.4, 0.5) is 0 Å². The van der Waals surface area contributed by atoms with Crippen molar-refractivity contribution in [3.8, 4) is 0 Å². The van der Waals surface area contributed by atoms with Gasteiger partial charge in [-0.25, -0.2) is 0 Å². The number of carbonyl (C=O) groups excluding carboxylic acids is 1. The molecule has 0 aromatic carbocycles. The fraction of sp³-hybridized carbons (Fsp3) is 0.545. The van der Waals surface area contributed by atoms with Gasteiger partial charge in [-0.15, -0.1) is 12.4 Å². The third kappa shape index (κ3) is 3.63. The summed E-state index contributed by atoms with van der Waals surface area (Å²) in [6, 6.07) is 3.43. The average Bonchev–Trinajstić information content (AvgIpc) is 2.90. The van der Waals surface area contributed by atoms with Gasteiger partial charge in [0.15, 0.2) is 5.76 Å². The molecular weight excluding hydrogens is 228 g/mol. The Bertz CT molecular complexity index is 308. The van der Waals surface area contributed by atoms with E-state index in [-0.39, 0.29) is 18.2 Å². The first-order valence-electron chi connectivity index (χ1n) is 5.34. The average molecular weight is 245 g/mol. The lowest BCUT2D eigenvalue weighted by atomic mass is 10.1. The number of halogens is 1. The number of ketones is 1. The van der Waals surface area contributed by atoms with Crippen LogP contribution in [0.1, 0.15) is 17.0 Å². The van der Waals surface area contributed by atoms with E-state index in [2.05, 4.69) is 10.6 Å². The highest BCUT2D eigenvalue weighted by Crippen LogP contribution is 2.05. The number of hydrogen-bond donors (Lipinski definition) is 2. The zero-order valence-electron chi connectivity index (χ0n) is 9.07. The van der Waals surface area contributed by atoms with Crippen molar-refractivity contribution in [2.45, 2.75) is 6.42 Å². The monoisotopic (exact) mass is 244 g/mol. The van der Waals surface area contributed by atoms with Crippen molar-refractivity contribution < 1.29 is 9.21 Å². The van der Waals surface area contributed by atoms with E-state index in [0.29, 0.717) is 18.2 Å². The normalized spacial score (nSPS) is 19.4. The molecule has 1 atom stereocenters. The Balaban J connectivity index is 0.00000128. The SMILES string of the molecule is Cl.O=C(CNCC1CCNC1)c1ccco1. The van der Waals surface area contributed by atoms with Crippen LogP contribution in [0.15, 0.2) is 22.8 Å². The third-order valence-electron chi connectivity index (χ3n) is 2.68. The van der Waals surface area contributed by atoms with Crippen LogP contribution in [0.5, 0.6) is 0 Å². The first-order valence-corrected chi connectivity index (χ1v) is 5.34. The Kier molecular flexibility index (Phi) is 5.52. The van der Waals surface area contributed by atoms with Crippen LogP contribution in [0, 0.1) is 5.92 Å². The molecule has 1 aromatic heterocycles. The summed E-state index contributed by atoms with van der Waals surface area (Å²) < 4.78 is 5.02. The van der Waals surface area contributed by atoms with Gasteiger partial charge in [-0.3, -0.25) is 4.79 Å². The van der Waals surface area contributed by atoms with E-state index in [0.717, 1.165) is 19.6 Å². The summed E-state index contributed by atoms with van der Waals surface area (Å²) in [5, 5.41) is 6.46. The molecular formula is C11H17ClN2O2. The lowest BCUT2D eigenvalue weighted by Gasteiger charge is -2.08. The number of nitrogens with one attached hydrogen (secondary N) is 2.